The summed E-state index contributed by atoms with van der Waals surface area (Å²) >= 11 is 0. The van der Waals surface area contributed by atoms with Gasteiger partial charge in [-0.05, 0) is 79.9 Å². The van der Waals surface area contributed by atoms with Crippen LogP contribution in [0.2, 0.25) is 0 Å². The first kappa shape index (κ1) is 29.3. The number of hydrogen-bond acceptors (Lipinski definition) is 7. The molecular weight excluding hydrogens is 548 g/mol. The molecule has 0 aliphatic carbocycles. The average Bonchev–Trinajstić information content (AvgIpc) is 3.48. The summed E-state index contributed by atoms with van der Waals surface area (Å²) in [5.74, 6) is 2.55. The maximum absolute atomic E-state index is 12.1. The molecular formula is C35H40N8O. The Morgan fingerprint density at radius 3 is 2.75 bits per heavy atom. The van der Waals surface area contributed by atoms with Crippen LogP contribution in [-0.4, -0.2) is 45.1 Å². The number of carbonyl (C=O) groups is 1. The van der Waals surface area contributed by atoms with Crippen LogP contribution in [0.4, 0.5) is 17.3 Å². The van der Waals surface area contributed by atoms with Crippen molar-refractivity contribution in [3.05, 3.63) is 90.3 Å². The van der Waals surface area contributed by atoms with Gasteiger partial charge in [0.25, 0.3) is 0 Å². The Kier molecular flexibility index (Phi) is 8.84. The van der Waals surface area contributed by atoms with E-state index < -0.39 is 0 Å². The first-order chi connectivity index (χ1) is 21.5. The number of nitrogens with one attached hydrogen (secondary N) is 4. The largest absolute Gasteiger partial charge is 0.370 e. The lowest BCUT2D eigenvalue weighted by Crippen LogP contribution is -2.31. The fourth-order valence-electron chi connectivity index (χ4n) is 5.84. The van der Waals surface area contributed by atoms with Gasteiger partial charge in [0.15, 0.2) is 5.65 Å². The topological polar surface area (TPSA) is 108 Å². The normalized spacial score (nSPS) is 14.1. The van der Waals surface area contributed by atoms with Crippen molar-refractivity contribution in [2.45, 2.75) is 46.1 Å². The number of benzene rings is 2. The van der Waals surface area contributed by atoms with Gasteiger partial charge in [0.1, 0.15) is 11.6 Å². The molecule has 0 atom stereocenters. The van der Waals surface area contributed by atoms with Crippen LogP contribution in [0, 0.1) is 5.92 Å². The number of anilines is 3. The van der Waals surface area contributed by atoms with Crippen LogP contribution >= 0.6 is 0 Å². The van der Waals surface area contributed by atoms with Crippen LogP contribution in [-0.2, 0) is 11.3 Å². The van der Waals surface area contributed by atoms with Crippen LogP contribution < -0.4 is 21.3 Å². The molecule has 1 fully saturated rings. The molecule has 5 aromatic rings. The molecule has 3 aromatic heterocycles. The monoisotopic (exact) mass is 588 g/mol. The van der Waals surface area contributed by atoms with Crippen molar-refractivity contribution in [3.8, 4) is 11.3 Å². The van der Waals surface area contributed by atoms with E-state index in [0.29, 0.717) is 18.4 Å². The average molecular weight is 589 g/mol. The van der Waals surface area contributed by atoms with E-state index >= 15 is 0 Å². The van der Waals surface area contributed by atoms with Gasteiger partial charge in [-0.15, -0.1) is 0 Å². The number of pyridine rings is 1. The maximum Gasteiger partial charge on any atom is 0.248 e. The minimum absolute atomic E-state index is 0.148. The van der Waals surface area contributed by atoms with Gasteiger partial charge in [0.05, 0.1) is 11.9 Å². The molecule has 4 N–H and O–H groups in total. The summed E-state index contributed by atoms with van der Waals surface area (Å²) < 4.78 is 1.91. The van der Waals surface area contributed by atoms with Crippen molar-refractivity contribution in [2.75, 3.05) is 35.6 Å². The van der Waals surface area contributed by atoms with Gasteiger partial charge in [-0.2, -0.15) is 9.61 Å². The zero-order valence-corrected chi connectivity index (χ0v) is 25.6. The Labute approximate surface area is 258 Å². The summed E-state index contributed by atoms with van der Waals surface area (Å²) in [5.41, 5.74) is 5.81. The highest BCUT2D eigenvalue weighted by Crippen LogP contribution is 2.32. The summed E-state index contributed by atoms with van der Waals surface area (Å²) in [6.07, 6.45) is 9.34. The lowest BCUT2D eigenvalue weighted by molar-refractivity contribution is -0.111. The number of rotatable bonds is 10. The predicted octanol–water partition coefficient (Wildman–Crippen LogP) is 6.61. The van der Waals surface area contributed by atoms with Crippen LogP contribution in [0.25, 0.3) is 27.7 Å². The molecule has 0 bridgehead atoms. The fraction of sp³-hybridized carbons (Fsp3) is 0.314. The maximum atomic E-state index is 12.1. The molecule has 6 rings (SSSR count). The molecule has 1 aliphatic rings. The van der Waals surface area contributed by atoms with E-state index in [1.807, 2.05) is 54.2 Å². The van der Waals surface area contributed by atoms with Crippen molar-refractivity contribution in [1.29, 1.82) is 0 Å². The van der Waals surface area contributed by atoms with Crippen molar-refractivity contribution < 1.29 is 4.79 Å². The minimum Gasteiger partial charge on any atom is -0.370 e. The standard InChI is InChI=1S/C35H40N8O/c1-4-7-33(44)41-27-10-11-29-25(18-27)14-17-37-34(29)28-9-6-5-8-26(28)21-39-32-19-31(38-20-24-12-15-36-16-13-24)42-35-30(23(2)3)22-40-43(32)35/h4-11,14,17-19,22-24,36,39H,12-13,15-16,20-21H2,1-3H3,(H,38,42)(H,41,44)/b7-4+. The highest BCUT2D eigenvalue weighted by molar-refractivity contribution is 6.02. The van der Waals surface area contributed by atoms with Gasteiger partial charge in [-0.1, -0.05) is 50.3 Å². The van der Waals surface area contributed by atoms with Crippen molar-refractivity contribution in [3.63, 3.8) is 0 Å². The Bertz CT molecular complexity index is 1800. The number of carbonyl (C=O) groups excluding carboxylic acids is 1. The SMILES string of the molecule is C/C=C/C(=O)Nc1ccc2c(-c3ccccc3CNc3cc(NCC4CCNCC4)nc4c(C(C)C)cnn34)nccc2c1. The van der Waals surface area contributed by atoms with E-state index in [2.05, 4.69) is 59.4 Å². The zero-order chi connectivity index (χ0) is 30.5. The number of fused-ring (bicyclic) bond motifs is 2. The number of aromatic nitrogens is 4. The van der Waals surface area contributed by atoms with E-state index in [1.165, 1.54) is 18.9 Å². The molecule has 9 nitrogen and oxygen atoms in total. The van der Waals surface area contributed by atoms with Crippen molar-refractivity contribution >= 4 is 39.6 Å². The summed E-state index contributed by atoms with van der Waals surface area (Å²) in [6.45, 7) is 9.81. The number of hydrogen-bond donors (Lipinski definition) is 4. The predicted molar refractivity (Wildman–Crippen MR) is 179 cm³/mol. The smallest absolute Gasteiger partial charge is 0.248 e. The first-order valence-electron chi connectivity index (χ1n) is 15.5. The molecule has 44 heavy (non-hydrogen) atoms. The number of piperidine rings is 1. The fourth-order valence-corrected chi connectivity index (χ4v) is 5.84. The van der Waals surface area contributed by atoms with E-state index in [1.54, 1.807) is 6.08 Å². The molecule has 1 saturated heterocycles. The molecule has 2 aromatic carbocycles. The molecule has 0 spiro atoms. The highest BCUT2D eigenvalue weighted by atomic mass is 16.1. The van der Waals surface area contributed by atoms with Gasteiger partial charge in [-0.25, -0.2) is 4.98 Å². The molecule has 226 valence electrons. The minimum atomic E-state index is -0.148. The molecule has 0 radical (unpaired) electrons. The first-order valence-corrected chi connectivity index (χ1v) is 15.5. The van der Waals surface area contributed by atoms with E-state index in [4.69, 9.17) is 15.1 Å². The van der Waals surface area contributed by atoms with E-state index in [0.717, 1.165) is 75.8 Å². The second-order valence-corrected chi connectivity index (χ2v) is 11.7. The Balaban J connectivity index is 1.29. The van der Waals surface area contributed by atoms with Gasteiger partial charge in [-0.3, -0.25) is 9.78 Å². The van der Waals surface area contributed by atoms with Crippen LogP contribution in [0.1, 0.15) is 50.7 Å². The third kappa shape index (κ3) is 6.43. The van der Waals surface area contributed by atoms with Gasteiger partial charge >= 0.3 is 0 Å². The van der Waals surface area contributed by atoms with Gasteiger partial charge in [0.2, 0.25) is 5.91 Å². The molecule has 0 unspecified atom stereocenters. The van der Waals surface area contributed by atoms with E-state index in [-0.39, 0.29) is 5.91 Å². The lowest BCUT2D eigenvalue weighted by Gasteiger charge is -2.23. The molecule has 0 saturated carbocycles. The summed E-state index contributed by atoms with van der Waals surface area (Å²) in [4.78, 5) is 21.9. The Morgan fingerprint density at radius 1 is 1.09 bits per heavy atom. The Morgan fingerprint density at radius 2 is 1.93 bits per heavy atom. The van der Waals surface area contributed by atoms with Crippen LogP contribution in [0.5, 0.6) is 0 Å². The Hall–Kier alpha value is -4.76. The lowest BCUT2D eigenvalue weighted by atomic mass is 9.98. The second-order valence-electron chi connectivity index (χ2n) is 11.7. The highest BCUT2D eigenvalue weighted by Gasteiger charge is 2.17. The third-order valence-corrected chi connectivity index (χ3v) is 8.23. The molecule has 1 amide bonds. The third-order valence-electron chi connectivity index (χ3n) is 8.23. The molecule has 9 heteroatoms. The molecule has 4 heterocycles. The quantitative estimate of drug-likeness (QED) is 0.136. The molecule has 1 aliphatic heterocycles. The second kappa shape index (κ2) is 13.3. The number of nitrogens with zero attached hydrogens (tertiary/aromatic N) is 4. The summed E-state index contributed by atoms with van der Waals surface area (Å²) in [6, 6.07) is 18.3. The van der Waals surface area contributed by atoms with Crippen LogP contribution in [0.15, 0.2) is 79.1 Å². The van der Waals surface area contributed by atoms with Gasteiger partial charge < -0.3 is 21.3 Å². The summed E-state index contributed by atoms with van der Waals surface area (Å²) in [7, 11) is 0. The zero-order valence-electron chi connectivity index (χ0n) is 25.6. The number of allylic oxidation sites excluding steroid dienone is 1. The van der Waals surface area contributed by atoms with E-state index in [9.17, 15) is 4.79 Å². The van der Waals surface area contributed by atoms with Gasteiger partial charge in [0, 0.05) is 47.6 Å². The van der Waals surface area contributed by atoms with Crippen molar-refractivity contribution in [1.82, 2.24) is 24.9 Å². The summed E-state index contributed by atoms with van der Waals surface area (Å²) in [5, 5.41) is 20.4. The van der Waals surface area contributed by atoms with Crippen LogP contribution in [0.3, 0.4) is 0 Å². The van der Waals surface area contributed by atoms with Crippen molar-refractivity contribution in [2.24, 2.45) is 5.92 Å². The number of amides is 1.